The molecule has 4 nitrogen and oxygen atoms in total. The second kappa shape index (κ2) is 7.18. The van der Waals surface area contributed by atoms with Crippen LogP contribution in [0.3, 0.4) is 0 Å². The molecular formula is C14H15IN2O2. The van der Waals surface area contributed by atoms with Crippen molar-refractivity contribution in [3.8, 4) is 11.1 Å². The molecule has 100 valence electrons. The number of aryl methyl sites for hydroxylation is 1. The Bertz CT molecular complexity index is 556. The molecule has 0 aliphatic rings. The van der Waals surface area contributed by atoms with Gasteiger partial charge >= 0.3 is 0 Å². The Balaban J connectivity index is 0.00000180. The molecular weight excluding hydrogens is 355 g/mol. The minimum absolute atomic E-state index is 0. The van der Waals surface area contributed by atoms with Gasteiger partial charge in [0.15, 0.2) is 12.4 Å². The van der Waals surface area contributed by atoms with E-state index in [-0.39, 0.29) is 34.6 Å². The number of non-ortho nitro benzene ring substituents is 1. The third-order valence-electron chi connectivity index (χ3n) is 2.76. The maximum absolute atomic E-state index is 10.7. The summed E-state index contributed by atoms with van der Waals surface area (Å²) in [6.07, 6.45) is 5.08. The first-order valence-corrected chi connectivity index (χ1v) is 5.94. The van der Waals surface area contributed by atoms with Crippen molar-refractivity contribution in [3.63, 3.8) is 0 Å². The number of rotatable bonds is 4. The predicted octanol–water partition coefficient (Wildman–Crippen LogP) is -0.0367. The Labute approximate surface area is 129 Å². The van der Waals surface area contributed by atoms with E-state index in [1.54, 1.807) is 12.1 Å². The molecule has 0 aliphatic carbocycles. The lowest BCUT2D eigenvalue weighted by atomic mass is 10.1. The first-order valence-electron chi connectivity index (χ1n) is 5.94. The number of hydrogen-bond donors (Lipinski definition) is 0. The van der Waals surface area contributed by atoms with Crippen molar-refractivity contribution in [1.29, 1.82) is 0 Å². The number of nitrogens with zero attached hydrogens (tertiary/aromatic N) is 2. The van der Waals surface area contributed by atoms with Gasteiger partial charge in [0, 0.05) is 30.7 Å². The highest BCUT2D eigenvalue weighted by atomic mass is 127. The van der Waals surface area contributed by atoms with Crippen LogP contribution < -0.4 is 28.5 Å². The monoisotopic (exact) mass is 370 g/mol. The summed E-state index contributed by atoms with van der Waals surface area (Å²) in [4.78, 5) is 10.4. The lowest BCUT2D eigenvalue weighted by Gasteiger charge is -2.01. The van der Waals surface area contributed by atoms with Crippen molar-refractivity contribution in [2.24, 2.45) is 0 Å². The number of benzene rings is 1. The van der Waals surface area contributed by atoms with E-state index in [1.165, 1.54) is 6.07 Å². The average Bonchev–Trinajstić information content (AvgIpc) is 2.40. The molecule has 2 aromatic rings. The van der Waals surface area contributed by atoms with E-state index in [9.17, 15) is 10.1 Å². The molecule has 5 heteroatoms. The predicted molar refractivity (Wildman–Crippen MR) is 69.0 cm³/mol. The van der Waals surface area contributed by atoms with Crippen molar-refractivity contribution in [2.75, 3.05) is 0 Å². The molecule has 0 aliphatic heterocycles. The standard InChI is InChI=1S/C14H15N2O2.HI/c1-2-8-15-9-6-12(7-10-15)13-4-3-5-14(11-13)16(17)18;/h3-7,9-11H,2,8H2,1H3;1H/q+1;/p-1. The van der Waals surface area contributed by atoms with E-state index in [2.05, 4.69) is 11.5 Å². The maximum Gasteiger partial charge on any atom is 0.270 e. The quantitative estimate of drug-likeness (QED) is 0.328. The normalized spacial score (nSPS) is 9.74. The lowest BCUT2D eigenvalue weighted by Crippen LogP contribution is -3.00. The number of halogens is 1. The fourth-order valence-corrected chi connectivity index (χ4v) is 1.86. The Morgan fingerprint density at radius 2 is 1.84 bits per heavy atom. The molecule has 0 N–H and O–H groups in total. The smallest absolute Gasteiger partial charge is 0.270 e. The second-order valence-corrected chi connectivity index (χ2v) is 4.13. The summed E-state index contributed by atoms with van der Waals surface area (Å²) < 4.78 is 2.10. The number of pyridine rings is 1. The first-order chi connectivity index (χ1) is 8.70. The van der Waals surface area contributed by atoms with Gasteiger partial charge < -0.3 is 24.0 Å². The van der Waals surface area contributed by atoms with Gasteiger partial charge in [0.2, 0.25) is 0 Å². The van der Waals surface area contributed by atoms with Gasteiger partial charge in [-0.05, 0) is 11.1 Å². The van der Waals surface area contributed by atoms with E-state index >= 15 is 0 Å². The van der Waals surface area contributed by atoms with Crippen molar-refractivity contribution in [3.05, 3.63) is 58.9 Å². The van der Waals surface area contributed by atoms with E-state index in [4.69, 9.17) is 0 Å². The van der Waals surface area contributed by atoms with E-state index in [0.29, 0.717) is 0 Å². The number of hydrogen-bond acceptors (Lipinski definition) is 2. The SMILES string of the molecule is CCC[n+]1ccc(-c2cccc([N+](=O)[O-])c2)cc1.[I-]. The van der Waals surface area contributed by atoms with Gasteiger partial charge in [0.1, 0.15) is 6.54 Å². The molecule has 1 heterocycles. The second-order valence-electron chi connectivity index (χ2n) is 4.13. The minimum Gasteiger partial charge on any atom is -1.00 e. The third kappa shape index (κ3) is 3.99. The molecule has 0 radical (unpaired) electrons. The number of nitro benzene ring substituents is 1. The molecule has 19 heavy (non-hydrogen) atoms. The van der Waals surface area contributed by atoms with Crippen LogP contribution in [-0.4, -0.2) is 4.92 Å². The maximum atomic E-state index is 10.7. The fraction of sp³-hybridized carbons (Fsp3) is 0.214. The highest BCUT2D eigenvalue weighted by molar-refractivity contribution is 5.65. The fourth-order valence-electron chi connectivity index (χ4n) is 1.86. The van der Waals surface area contributed by atoms with Crippen LogP contribution in [0, 0.1) is 10.1 Å². The Kier molecular flexibility index (Phi) is 5.88. The minimum atomic E-state index is -0.371. The van der Waals surface area contributed by atoms with E-state index in [1.807, 2.05) is 30.6 Å². The van der Waals surface area contributed by atoms with E-state index in [0.717, 1.165) is 24.1 Å². The Morgan fingerprint density at radius 3 is 2.42 bits per heavy atom. The van der Waals surface area contributed by atoms with Crippen molar-refractivity contribution in [1.82, 2.24) is 0 Å². The summed E-state index contributed by atoms with van der Waals surface area (Å²) in [6, 6.07) is 10.7. The summed E-state index contributed by atoms with van der Waals surface area (Å²) >= 11 is 0. The zero-order valence-electron chi connectivity index (χ0n) is 10.6. The molecule has 2 rings (SSSR count). The molecule has 1 aromatic carbocycles. The number of aromatic nitrogens is 1. The van der Waals surface area contributed by atoms with Crippen LogP contribution in [0.2, 0.25) is 0 Å². The highest BCUT2D eigenvalue weighted by Gasteiger charge is 2.08. The molecule has 1 aromatic heterocycles. The van der Waals surface area contributed by atoms with E-state index < -0.39 is 0 Å². The topological polar surface area (TPSA) is 47.0 Å². The van der Waals surface area contributed by atoms with Crippen LogP contribution in [0.4, 0.5) is 5.69 Å². The average molecular weight is 370 g/mol. The van der Waals surface area contributed by atoms with Gasteiger partial charge in [-0.15, -0.1) is 0 Å². The van der Waals surface area contributed by atoms with Crippen molar-refractivity contribution >= 4 is 5.69 Å². The van der Waals surface area contributed by atoms with Crippen LogP contribution in [-0.2, 0) is 6.54 Å². The molecule has 0 saturated carbocycles. The molecule has 0 amide bonds. The Morgan fingerprint density at radius 1 is 1.16 bits per heavy atom. The van der Waals surface area contributed by atoms with Gasteiger partial charge in [0.05, 0.1) is 4.92 Å². The van der Waals surface area contributed by atoms with Gasteiger partial charge in [0.25, 0.3) is 5.69 Å². The first kappa shape index (κ1) is 15.6. The summed E-state index contributed by atoms with van der Waals surface area (Å²) in [5.41, 5.74) is 1.98. The molecule has 0 fully saturated rings. The highest BCUT2D eigenvalue weighted by Crippen LogP contribution is 2.22. The number of nitro groups is 1. The van der Waals surface area contributed by atoms with Gasteiger partial charge in [-0.25, -0.2) is 4.57 Å². The molecule has 0 saturated heterocycles. The van der Waals surface area contributed by atoms with Crippen LogP contribution >= 0.6 is 0 Å². The largest absolute Gasteiger partial charge is 1.00 e. The zero-order valence-corrected chi connectivity index (χ0v) is 12.8. The van der Waals surface area contributed by atoms with Crippen molar-refractivity contribution < 1.29 is 33.5 Å². The van der Waals surface area contributed by atoms with Gasteiger partial charge in [-0.3, -0.25) is 10.1 Å². The molecule has 0 atom stereocenters. The third-order valence-corrected chi connectivity index (χ3v) is 2.76. The molecule has 0 unspecified atom stereocenters. The van der Waals surface area contributed by atoms with Crippen molar-refractivity contribution in [2.45, 2.75) is 19.9 Å². The Hall–Kier alpha value is -1.50. The summed E-state index contributed by atoms with van der Waals surface area (Å²) in [5.74, 6) is 0. The summed E-state index contributed by atoms with van der Waals surface area (Å²) in [6.45, 7) is 3.11. The van der Waals surface area contributed by atoms with Gasteiger partial charge in [-0.1, -0.05) is 19.1 Å². The van der Waals surface area contributed by atoms with Crippen LogP contribution in [0.15, 0.2) is 48.8 Å². The molecule has 0 spiro atoms. The molecule has 0 bridgehead atoms. The van der Waals surface area contributed by atoms with Crippen LogP contribution in [0.25, 0.3) is 11.1 Å². The lowest BCUT2D eigenvalue weighted by molar-refractivity contribution is -0.696. The summed E-state index contributed by atoms with van der Waals surface area (Å²) in [7, 11) is 0. The zero-order chi connectivity index (χ0) is 13.0. The van der Waals surface area contributed by atoms with Crippen LogP contribution in [0.5, 0.6) is 0 Å². The van der Waals surface area contributed by atoms with Crippen LogP contribution in [0.1, 0.15) is 13.3 Å². The summed E-state index contributed by atoms with van der Waals surface area (Å²) in [5, 5.41) is 10.7. The van der Waals surface area contributed by atoms with Gasteiger partial charge in [-0.2, -0.15) is 0 Å².